The molecule has 448 valence electrons. The van der Waals surface area contributed by atoms with Crippen LogP contribution in [0.5, 0.6) is 0 Å². The van der Waals surface area contributed by atoms with Crippen LogP contribution in [0, 0.1) is 20.8 Å². The Labute approximate surface area is 558 Å². The third-order valence-corrected chi connectivity index (χ3v) is 20.1. The molecule has 2 aliphatic carbocycles. The topological polar surface area (TPSA) is 34.1 Å². The normalized spacial score (nSPS) is 14.8. The van der Waals surface area contributed by atoms with Crippen molar-refractivity contribution in [3.63, 3.8) is 0 Å². The van der Waals surface area contributed by atoms with Crippen LogP contribution in [0.15, 0.2) is 344 Å². The van der Waals surface area contributed by atoms with Crippen molar-refractivity contribution in [2.75, 3.05) is 0 Å². The highest BCUT2D eigenvalue weighted by atomic mass is 79.9. The Hall–Kier alpha value is -11.1. The van der Waals surface area contributed by atoms with Crippen LogP contribution in [-0.4, -0.2) is 11.6 Å². The molecule has 15 aromatic carbocycles. The summed E-state index contributed by atoms with van der Waals surface area (Å²) in [6.45, 7) is 6.69. The van der Waals surface area contributed by atoms with Gasteiger partial charge in [-0.15, -0.1) is 0 Å². The minimum atomic E-state index is -0.523. The van der Waals surface area contributed by atoms with E-state index in [1.807, 2.05) is 42.5 Å². The van der Waals surface area contributed by atoms with Gasteiger partial charge in [0.05, 0.1) is 10.8 Å². The van der Waals surface area contributed by atoms with Gasteiger partial charge in [0.1, 0.15) is 0 Å². The van der Waals surface area contributed by atoms with Crippen LogP contribution >= 0.6 is 15.9 Å². The van der Waals surface area contributed by atoms with E-state index in [9.17, 15) is 9.59 Å². The first kappa shape index (κ1) is 59.2. The van der Waals surface area contributed by atoms with Crippen LogP contribution in [0.4, 0.5) is 0 Å². The summed E-state index contributed by atoms with van der Waals surface area (Å²) in [5, 5.41) is 7.86. The maximum Gasteiger partial charge on any atom is 0.193 e. The highest BCUT2D eigenvalue weighted by Gasteiger charge is 2.47. The Morgan fingerprint density at radius 2 is 0.574 bits per heavy atom. The molecule has 17 rings (SSSR count). The van der Waals surface area contributed by atoms with E-state index in [1.165, 1.54) is 127 Å². The van der Waals surface area contributed by atoms with Gasteiger partial charge < -0.3 is 0 Å². The van der Waals surface area contributed by atoms with Crippen LogP contribution in [-0.2, 0) is 10.8 Å². The first-order chi connectivity index (χ1) is 46.2. The van der Waals surface area contributed by atoms with Crippen LogP contribution < -0.4 is 0 Å². The highest BCUT2D eigenvalue weighted by Crippen LogP contribution is 2.59. The second-order valence-corrected chi connectivity index (χ2v) is 25.5. The standard InChI is InChI=1S/C54H38.C20H14O2.C17H13Br/c1-35-27-29-37-15-13-25-47-51(37)49(35)43-21-9-11-23-45(43)53(47,39-17-5-3-6-18-39)41-31-33-42(34-32-41)54(40-19-7-4-8-20-40)46-24-12-10-22-44(46)50-36(2)28-30-38-16-14-26-48(54)52(38)50;21-19(15-7-3-1-4-8-15)17-11-13-18(14-12-17)20(22)16-9-5-2-6-10-16;1-12-10-11-13-6-2-3-7-14(13)17(12)15-8-4-5-9-16(15)18/h3-34H,1-2H3;1-14H;2-11H,1H3. The lowest BCUT2D eigenvalue weighted by Gasteiger charge is -2.44. The fraction of sp³-hybridized carbons (Fsp3) is 0.0549. The Balaban J connectivity index is 0.000000148. The number of aryl methyl sites for hydroxylation is 3. The second kappa shape index (κ2) is 24.8. The van der Waals surface area contributed by atoms with Gasteiger partial charge in [-0.25, -0.2) is 0 Å². The minimum Gasteiger partial charge on any atom is -0.289 e. The van der Waals surface area contributed by atoms with E-state index in [-0.39, 0.29) is 11.6 Å². The summed E-state index contributed by atoms with van der Waals surface area (Å²) in [6, 6.07) is 120. The van der Waals surface area contributed by atoms with Gasteiger partial charge in [0.2, 0.25) is 0 Å². The maximum atomic E-state index is 12.3. The quantitative estimate of drug-likeness (QED) is 0.135. The Bertz CT molecular complexity index is 5090. The fourth-order valence-corrected chi connectivity index (χ4v) is 15.7. The molecule has 94 heavy (non-hydrogen) atoms. The Kier molecular flexibility index (Phi) is 15.6. The molecule has 2 aliphatic rings. The van der Waals surface area contributed by atoms with Crippen molar-refractivity contribution in [1.82, 2.24) is 0 Å². The molecule has 2 unspecified atom stereocenters. The number of ketones is 2. The van der Waals surface area contributed by atoms with Crippen molar-refractivity contribution in [3.8, 4) is 33.4 Å². The summed E-state index contributed by atoms with van der Waals surface area (Å²) >= 11 is 3.65. The second-order valence-electron chi connectivity index (χ2n) is 24.6. The van der Waals surface area contributed by atoms with Gasteiger partial charge in [-0.3, -0.25) is 9.59 Å². The molecular weight excluding hydrogens is 1200 g/mol. The number of carbonyl (C=O) groups is 2. The molecule has 2 nitrogen and oxygen atoms in total. The molecule has 0 aliphatic heterocycles. The largest absolute Gasteiger partial charge is 0.289 e. The lowest BCUT2D eigenvalue weighted by molar-refractivity contribution is 0.102. The van der Waals surface area contributed by atoms with Gasteiger partial charge in [-0.05, 0) is 154 Å². The summed E-state index contributed by atoms with van der Waals surface area (Å²) in [5.74, 6) is -0.0846. The van der Waals surface area contributed by atoms with E-state index in [4.69, 9.17) is 0 Å². The third-order valence-electron chi connectivity index (χ3n) is 19.4. The number of fused-ring (bicyclic) bond motifs is 5. The molecule has 0 saturated carbocycles. The summed E-state index contributed by atoms with van der Waals surface area (Å²) < 4.78 is 1.14. The predicted molar refractivity (Wildman–Crippen MR) is 394 cm³/mol. The van der Waals surface area contributed by atoms with E-state index in [0.29, 0.717) is 22.3 Å². The molecule has 0 saturated heterocycles. The first-order valence-electron chi connectivity index (χ1n) is 32.2. The number of hydrogen-bond acceptors (Lipinski definition) is 2. The van der Waals surface area contributed by atoms with Crippen LogP contribution in [0.25, 0.3) is 65.7 Å². The molecular formula is C91H65BrO2. The monoisotopic (exact) mass is 1270 g/mol. The molecule has 0 radical (unpaired) electrons. The average molecular weight is 1270 g/mol. The molecule has 3 heteroatoms. The molecule has 0 heterocycles. The summed E-state index contributed by atoms with van der Waals surface area (Å²) in [6.07, 6.45) is 0. The highest BCUT2D eigenvalue weighted by molar-refractivity contribution is 9.10. The molecule has 0 spiro atoms. The molecule has 0 N–H and O–H groups in total. The van der Waals surface area contributed by atoms with Crippen molar-refractivity contribution in [1.29, 1.82) is 0 Å². The van der Waals surface area contributed by atoms with E-state index in [0.717, 1.165) is 4.47 Å². The zero-order valence-electron chi connectivity index (χ0n) is 52.5. The van der Waals surface area contributed by atoms with Gasteiger partial charge in [0.25, 0.3) is 0 Å². The SMILES string of the molecule is Cc1ccc2cccc3c2c1-c1ccccc1C3(c1ccccc1)c1ccc(C2(c3ccccc3)c3ccccc3-c3c(C)ccc4cccc2c34)cc1.Cc1ccc2ccccc2c1-c1ccccc1Br.O=C(c1ccccc1)c1ccc(C(=O)c2ccccc2)cc1. The van der Waals surface area contributed by atoms with Crippen molar-refractivity contribution in [3.05, 3.63) is 428 Å². The number of rotatable bonds is 9. The number of carbonyl (C=O) groups excluding carboxylic acids is 2. The van der Waals surface area contributed by atoms with Gasteiger partial charge in [0, 0.05) is 26.7 Å². The number of halogens is 1. The molecule has 15 aromatic rings. The van der Waals surface area contributed by atoms with Crippen molar-refractivity contribution in [2.45, 2.75) is 31.6 Å². The number of benzene rings is 15. The van der Waals surface area contributed by atoms with E-state index < -0.39 is 10.8 Å². The van der Waals surface area contributed by atoms with Crippen molar-refractivity contribution < 1.29 is 9.59 Å². The zero-order valence-corrected chi connectivity index (χ0v) is 54.1. The lowest BCUT2D eigenvalue weighted by Crippen LogP contribution is -2.35. The van der Waals surface area contributed by atoms with Crippen molar-refractivity contribution >= 4 is 59.8 Å². The van der Waals surface area contributed by atoms with Crippen LogP contribution in [0.2, 0.25) is 0 Å². The third kappa shape index (κ3) is 9.94. The Morgan fingerprint density at radius 3 is 1.02 bits per heavy atom. The summed E-state index contributed by atoms with van der Waals surface area (Å²) in [7, 11) is 0. The van der Waals surface area contributed by atoms with Gasteiger partial charge >= 0.3 is 0 Å². The first-order valence-corrected chi connectivity index (χ1v) is 33.0. The molecule has 0 bridgehead atoms. The van der Waals surface area contributed by atoms with Gasteiger partial charge in [0.15, 0.2) is 11.6 Å². The maximum absolute atomic E-state index is 12.3. The number of hydrogen-bond donors (Lipinski definition) is 0. The Morgan fingerprint density at radius 1 is 0.255 bits per heavy atom. The van der Waals surface area contributed by atoms with Gasteiger partial charge in [-0.1, -0.05) is 350 Å². The minimum absolute atomic E-state index is 0.0423. The van der Waals surface area contributed by atoms with Gasteiger partial charge in [-0.2, -0.15) is 0 Å². The smallest absolute Gasteiger partial charge is 0.193 e. The lowest BCUT2D eigenvalue weighted by atomic mass is 9.57. The average Bonchev–Trinajstić information content (AvgIpc) is 0.694. The van der Waals surface area contributed by atoms with E-state index >= 15 is 0 Å². The fourth-order valence-electron chi connectivity index (χ4n) is 15.2. The summed E-state index contributed by atoms with van der Waals surface area (Å²) in [4.78, 5) is 24.6. The van der Waals surface area contributed by atoms with Crippen LogP contribution in [0.1, 0.15) is 93.0 Å². The summed E-state index contributed by atoms with van der Waals surface area (Å²) in [5.41, 5.74) is 23.7. The zero-order chi connectivity index (χ0) is 63.9. The van der Waals surface area contributed by atoms with Crippen molar-refractivity contribution in [2.24, 2.45) is 0 Å². The molecule has 0 aromatic heterocycles. The van der Waals surface area contributed by atoms with E-state index in [2.05, 4.69) is 285 Å². The van der Waals surface area contributed by atoms with E-state index in [1.54, 1.807) is 48.5 Å². The molecule has 0 amide bonds. The van der Waals surface area contributed by atoms with Crippen LogP contribution in [0.3, 0.4) is 0 Å². The molecule has 0 fully saturated rings. The predicted octanol–water partition coefficient (Wildman–Crippen LogP) is 23.1. The molecule has 2 atom stereocenters.